The second-order valence-corrected chi connectivity index (χ2v) is 8.02. The van der Waals surface area contributed by atoms with Gasteiger partial charge >= 0.3 is 0 Å². The Labute approximate surface area is 170 Å². The molecule has 0 unspecified atom stereocenters. The number of hydrogen-bond acceptors (Lipinski definition) is 4. The molecule has 27 heavy (non-hydrogen) atoms. The van der Waals surface area contributed by atoms with Crippen molar-refractivity contribution in [2.75, 3.05) is 14.2 Å². The van der Waals surface area contributed by atoms with Crippen LogP contribution in [0.1, 0.15) is 16.8 Å². The molecule has 0 N–H and O–H groups in total. The van der Waals surface area contributed by atoms with Gasteiger partial charge in [0, 0.05) is 22.7 Å². The summed E-state index contributed by atoms with van der Waals surface area (Å²) in [5.41, 5.74) is 6.50. The number of methoxy groups -OCH3 is 2. The van der Waals surface area contributed by atoms with E-state index >= 15 is 0 Å². The van der Waals surface area contributed by atoms with Crippen LogP contribution in [-0.4, -0.2) is 23.6 Å². The molecule has 0 bridgehead atoms. The Hall–Kier alpha value is -2.31. The fourth-order valence-electron chi connectivity index (χ4n) is 3.29. The third-order valence-electron chi connectivity index (χ3n) is 4.58. The zero-order chi connectivity index (χ0) is 19.0. The minimum absolute atomic E-state index is 0.700. The van der Waals surface area contributed by atoms with Crippen LogP contribution in [0.2, 0.25) is 0 Å². The van der Waals surface area contributed by atoms with Crippen molar-refractivity contribution in [1.82, 2.24) is 9.38 Å². The van der Waals surface area contributed by atoms with Crippen LogP contribution in [0, 0.1) is 6.92 Å². The maximum Gasteiger partial charge on any atom is 0.161 e. The normalized spacial score (nSPS) is 11.1. The number of halogens is 1. The molecule has 138 valence electrons. The van der Waals surface area contributed by atoms with Gasteiger partial charge in [-0.3, -0.25) is 0 Å². The predicted molar refractivity (Wildman–Crippen MR) is 113 cm³/mol. The van der Waals surface area contributed by atoms with E-state index in [1.165, 1.54) is 5.56 Å². The molecular formula is C21H19BrN2O2S. The van der Waals surface area contributed by atoms with Crippen molar-refractivity contribution < 1.29 is 9.47 Å². The summed E-state index contributed by atoms with van der Waals surface area (Å²) in [7, 11) is 3.30. The Bertz CT molecular complexity index is 1100. The number of aryl methyl sites for hydroxylation is 1. The Balaban J connectivity index is 1.95. The lowest BCUT2D eigenvalue weighted by molar-refractivity contribution is 0.355. The van der Waals surface area contributed by atoms with E-state index in [-0.39, 0.29) is 0 Å². The summed E-state index contributed by atoms with van der Waals surface area (Å²) in [5.74, 6) is 1.41. The summed E-state index contributed by atoms with van der Waals surface area (Å²) in [4.78, 5) is 4.98. The van der Waals surface area contributed by atoms with Crippen LogP contribution in [0.15, 0.2) is 51.8 Å². The summed E-state index contributed by atoms with van der Waals surface area (Å²) in [6.45, 7) is 2.08. The minimum Gasteiger partial charge on any atom is -0.493 e. The van der Waals surface area contributed by atoms with Crippen LogP contribution in [0.25, 0.3) is 16.9 Å². The highest BCUT2D eigenvalue weighted by molar-refractivity contribution is 9.10. The number of thiophene rings is 1. The van der Waals surface area contributed by atoms with Gasteiger partial charge in [0.2, 0.25) is 0 Å². The topological polar surface area (TPSA) is 35.8 Å². The second kappa shape index (κ2) is 7.37. The van der Waals surface area contributed by atoms with Crippen LogP contribution < -0.4 is 9.47 Å². The van der Waals surface area contributed by atoms with E-state index in [1.807, 2.05) is 18.2 Å². The molecule has 0 spiro atoms. The van der Waals surface area contributed by atoms with Crippen LogP contribution >= 0.6 is 27.3 Å². The number of aromatic nitrogens is 2. The smallest absolute Gasteiger partial charge is 0.161 e. The average Bonchev–Trinajstić information content (AvgIpc) is 3.30. The Kier molecular flexibility index (Phi) is 4.93. The van der Waals surface area contributed by atoms with Crippen LogP contribution in [0.5, 0.6) is 11.5 Å². The third-order valence-corrected chi connectivity index (χ3v) is 5.74. The number of benzene rings is 1. The van der Waals surface area contributed by atoms with E-state index < -0.39 is 0 Å². The van der Waals surface area contributed by atoms with E-state index in [0.717, 1.165) is 39.1 Å². The van der Waals surface area contributed by atoms with Gasteiger partial charge in [-0.25, -0.2) is 4.98 Å². The lowest BCUT2D eigenvalue weighted by atomic mass is 10.1. The molecule has 0 saturated heterocycles. The van der Waals surface area contributed by atoms with Gasteiger partial charge in [-0.05, 0) is 75.1 Å². The van der Waals surface area contributed by atoms with Crippen molar-refractivity contribution in [3.8, 4) is 22.8 Å². The number of pyridine rings is 1. The number of fused-ring (bicyclic) bond motifs is 1. The Morgan fingerprint density at radius 3 is 2.63 bits per heavy atom. The zero-order valence-corrected chi connectivity index (χ0v) is 17.7. The molecule has 0 aliphatic heterocycles. The summed E-state index contributed by atoms with van der Waals surface area (Å²) < 4.78 is 14.1. The molecule has 0 aliphatic rings. The molecule has 0 amide bonds. The van der Waals surface area contributed by atoms with Crippen molar-refractivity contribution in [3.63, 3.8) is 0 Å². The molecule has 6 heteroatoms. The average molecular weight is 443 g/mol. The minimum atomic E-state index is 0.700. The van der Waals surface area contributed by atoms with E-state index in [0.29, 0.717) is 11.5 Å². The first-order valence-corrected chi connectivity index (χ1v) is 10.2. The Morgan fingerprint density at radius 1 is 1.11 bits per heavy atom. The van der Waals surface area contributed by atoms with E-state index in [9.17, 15) is 0 Å². The maximum absolute atomic E-state index is 5.50. The molecule has 0 saturated carbocycles. The molecule has 4 aromatic rings. The highest BCUT2D eigenvalue weighted by Crippen LogP contribution is 2.35. The lowest BCUT2D eigenvalue weighted by Gasteiger charge is -2.10. The fraction of sp³-hybridized carbons (Fsp3) is 0.190. The van der Waals surface area contributed by atoms with Gasteiger partial charge in [0.25, 0.3) is 0 Å². The summed E-state index contributed by atoms with van der Waals surface area (Å²) >= 11 is 5.33. The van der Waals surface area contributed by atoms with Gasteiger partial charge in [-0.2, -0.15) is 11.3 Å². The van der Waals surface area contributed by atoms with Crippen molar-refractivity contribution in [3.05, 3.63) is 68.6 Å². The zero-order valence-electron chi connectivity index (χ0n) is 15.3. The number of nitrogens with zero attached hydrogens (tertiary/aromatic N) is 2. The molecular weight excluding hydrogens is 424 g/mol. The third kappa shape index (κ3) is 3.35. The molecule has 3 aromatic heterocycles. The number of ether oxygens (including phenoxy) is 2. The van der Waals surface area contributed by atoms with Crippen molar-refractivity contribution in [2.24, 2.45) is 0 Å². The molecule has 0 atom stereocenters. The van der Waals surface area contributed by atoms with Crippen molar-refractivity contribution in [2.45, 2.75) is 13.3 Å². The van der Waals surface area contributed by atoms with Crippen molar-refractivity contribution >= 4 is 32.9 Å². The SMILES string of the molecule is COc1ccc(-c2nc3c(C)cc(Br)cn3c2Cc2ccsc2)cc1OC. The monoisotopic (exact) mass is 442 g/mol. The summed E-state index contributed by atoms with van der Waals surface area (Å²) in [5, 5.41) is 4.29. The van der Waals surface area contributed by atoms with E-state index in [4.69, 9.17) is 14.5 Å². The first-order chi connectivity index (χ1) is 13.1. The first kappa shape index (κ1) is 18.1. The number of rotatable bonds is 5. The first-order valence-electron chi connectivity index (χ1n) is 8.51. The fourth-order valence-corrected chi connectivity index (χ4v) is 4.50. The van der Waals surface area contributed by atoms with Crippen molar-refractivity contribution in [1.29, 1.82) is 0 Å². The molecule has 0 fully saturated rings. The highest BCUT2D eigenvalue weighted by Gasteiger charge is 2.18. The molecule has 4 rings (SSSR count). The largest absolute Gasteiger partial charge is 0.493 e. The molecule has 1 aromatic carbocycles. The van der Waals surface area contributed by atoms with Gasteiger partial charge < -0.3 is 13.9 Å². The predicted octanol–water partition coefficient (Wildman–Crippen LogP) is 5.74. The lowest BCUT2D eigenvalue weighted by Crippen LogP contribution is -1.97. The summed E-state index contributed by atoms with van der Waals surface area (Å²) in [6, 6.07) is 10.2. The van der Waals surface area contributed by atoms with E-state index in [2.05, 4.69) is 56.3 Å². The maximum atomic E-state index is 5.50. The second-order valence-electron chi connectivity index (χ2n) is 6.32. The number of hydrogen-bond donors (Lipinski definition) is 0. The Morgan fingerprint density at radius 2 is 1.93 bits per heavy atom. The van der Waals surface area contributed by atoms with Gasteiger partial charge in [0.05, 0.1) is 25.6 Å². The summed E-state index contributed by atoms with van der Waals surface area (Å²) in [6.07, 6.45) is 2.89. The van der Waals surface area contributed by atoms with Gasteiger partial charge in [0.15, 0.2) is 11.5 Å². The molecule has 0 radical (unpaired) electrons. The van der Waals surface area contributed by atoms with E-state index in [1.54, 1.807) is 25.6 Å². The molecule has 0 aliphatic carbocycles. The van der Waals surface area contributed by atoms with Gasteiger partial charge in [-0.15, -0.1) is 0 Å². The van der Waals surface area contributed by atoms with Gasteiger partial charge in [-0.1, -0.05) is 0 Å². The van der Waals surface area contributed by atoms with Crippen LogP contribution in [0.3, 0.4) is 0 Å². The van der Waals surface area contributed by atoms with Crippen LogP contribution in [0.4, 0.5) is 0 Å². The van der Waals surface area contributed by atoms with Gasteiger partial charge in [0.1, 0.15) is 5.65 Å². The molecule has 4 nitrogen and oxygen atoms in total. The highest BCUT2D eigenvalue weighted by atomic mass is 79.9. The van der Waals surface area contributed by atoms with Crippen LogP contribution in [-0.2, 0) is 6.42 Å². The molecule has 3 heterocycles. The standard InChI is InChI=1S/C21H19BrN2O2S/c1-13-8-16(22)11-24-17(9-14-6-7-27-12-14)20(23-21(13)24)15-4-5-18(25-2)19(10-15)26-3/h4-8,10-12H,9H2,1-3H3. The quantitative estimate of drug-likeness (QED) is 0.395. The number of imidazole rings is 1.